The Morgan fingerprint density at radius 3 is 2.71 bits per heavy atom. The van der Waals surface area contributed by atoms with E-state index in [1.54, 1.807) is 6.07 Å². The molecule has 1 aromatic carbocycles. The van der Waals surface area contributed by atoms with E-state index in [2.05, 4.69) is 25.3 Å². The second-order valence-corrected chi connectivity index (χ2v) is 4.48. The van der Waals surface area contributed by atoms with Crippen molar-refractivity contribution in [1.82, 2.24) is 9.97 Å². The van der Waals surface area contributed by atoms with E-state index in [1.165, 1.54) is 0 Å². The average Bonchev–Trinajstić information content (AvgIpc) is 2.32. The smallest absolute Gasteiger partial charge is 0.125 e. The summed E-state index contributed by atoms with van der Waals surface area (Å²) in [6.07, 6.45) is 1.82. The molecule has 84 valence electrons. The standard InChI is InChI=1S/C13H12N3P/c1-8-7-15-9(2)16-13(8)11-4-3-10(6-14)5-12(11)17/h3-5,7H,17H2,1-2H3. The van der Waals surface area contributed by atoms with Crippen molar-refractivity contribution in [2.45, 2.75) is 13.8 Å². The Hall–Kier alpha value is -1.78. The van der Waals surface area contributed by atoms with Gasteiger partial charge in [0.15, 0.2) is 0 Å². The molecule has 0 amide bonds. The van der Waals surface area contributed by atoms with E-state index in [-0.39, 0.29) is 0 Å². The number of nitriles is 1. The molecule has 4 heteroatoms. The summed E-state index contributed by atoms with van der Waals surface area (Å²) in [5.41, 5.74) is 3.63. The van der Waals surface area contributed by atoms with Crippen LogP contribution in [0.1, 0.15) is 17.0 Å². The van der Waals surface area contributed by atoms with Gasteiger partial charge in [-0.25, -0.2) is 9.97 Å². The monoisotopic (exact) mass is 241 g/mol. The van der Waals surface area contributed by atoms with E-state index in [0.717, 1.165) is 27.9 Å². The number of hydrogen-bond donors (Lipinski definition) is 0. The Morgan fingerprint density at radius 1 is 1.29 bits per heavy atom. The highest BCUT2D eigenvalue weighted by molar-refractivity contribution is 7.28. The van der Waals surface area contributed by atoms with Gasteiger partial charge in [0.05, 0.1) is 17.3 Å². The minimum absolute atomic E-state index is 0.655. The van der Waals surface area contributed by atoms with Crippen molar-refractivity contribution in [2.75, 3.05) is 0 Å². The lowest BCUT2D eigenvalue weighted by Crippen LogP contribution is -2.03. The summed E-state index contributed by atoms with van der Waals surface area (Å²) in [7, 11) is 2.65. The molecule has 1 heterocycles. The van der Waals surface area contributed by atoms with Crippen molar-refractivity contribution >= 4 is 14.5 Å². The number of nitrogens with zero attached hydrogens (tertiary/aromatic N) is 3. The Labute approximate surface area is 103 Å². The molecule has 17 heavy (non-hydrogen) atoms. The highest BCUT2D eigenvalue weighted by Gasteiger charge is 2.08. The van der Waals surface area contributed by atoms with E-state index >= 15 is 0 Å². The topological polar surface area (TPSA) is 49.6 Å². The first-order chi connectivity index (χ1) is 8.11. The molecular formula is C13H12N3P. The second kappa shape index (κ2) is 4.61. The minimum atomic E-state index is 0.655. The van der Waals surface area contributed by atoms with Crippen LogP contribution in [0.4, 0.5) is 0 Å². The van der Waals surface area contributed by atoms with Crippen molar-refractivity contribution in [1.29, 1.82) is 5.26 Å². The summed E-state index contributed by atoms with van der Waals surface area (Å²) in [6, 6.07) is 7.70. The number of aromatic nitrogens is 2. The van der Waals surface area contributed by atoms with Crippen LogP contribution in [0.25, 0.3) is 11.3 Å². The van der Waals surface area contributed by atoms with E-state index < -0.39 is 0 Å². The molecule has 0 aliphatic rings. The molecule has 0 radical (unpaired) electrons. The van der Waals surface area contributed by atoms with Crippen molar-refractivity contribution in [3.63, 3.8) is 0 Å². The van der Waals surface area contributed by atoms with Crippen LogP contribution < -0.4 is 5.30 Å². The zero-order valence-corrected chi connectivity index (χ0v) is 10.9. The Kier molecular flexibility index (Phi) is 3.17. The second-order valence-electron chi connectivity index (χ2n) is 3.86. The van der Waals surface area contributed by atoms with Crippen molar-refractivity contribution in [2.24, 2.45) is 0 Å². The van der Waals surface area contributed by atoms with Crippen LogP contribution in [-0.2, 0) is 0 Å². The quantitative estimate of drug-likeness (QED) is 0.718. The van der Waals surface area contributed by atoms with E-state index in [9.17, 15) is 0 Å². The van der Waals surface area contributed by atoms with Gasteiger partial charge in [-0.2, -0.15) is 5.26 Å². The third-order valence-corrected chi connectivity index (χ3v) is 3.01. The predicted molar refractivity (Wildman–Crippen MR) is 71.0 cm³/mol. The molecule has 0 aliphatic heterocycles. The molecule has 1 atom stereocenters. The maximum atomic E-state index is 8.84. The number of aryl methyl sites for hydroxylation is 2. The van der Waals surface area contributed by atoms with Crippen molar-refractivity contribution in [3.05, 3.63) is 41.3 Å². The third kappa shape index (κ3) is 2.33. The van der Waals surface area contributed by atoms with Crippen LogP contribution in [0.2, 0.25) is 0 Å². The summed E-state index contributed by atoms with van der Waals surface area (Å²) >= 11 is 0. The highest BCUT2D eigenvalue weighted by Crippen LogP contribution is 2.21. The fourth-order valence-electron chi connectivity index (χ4n) is 1.65. The first-order valence-corrected chi connectivity index (χ1v) is 5.80. The van der Waals surface area contributed by atoms with Crippen molar-refractivity contribution < 1.29 is 0 Å². The molecular weight excluding hydrogens is 229 g/mol. The lowest BCUT2D eigenvalue weighted by molar-refractivity contribution is 1.04. The number of benzene rings is 1. The van der Waals surface area contributed by atoms with Crippen LogP contribution >= 0.6 is 9.24 Å². The van der Waals surface area contributed by atoms with Gasteiger partial charge in [-0.3, -0.25) is 0 Å². The van der Waals surface area contributed by atoms with E-state index in [1.807, 2.05) is 32.2 Å². The van der Waals surface area contributed by atoms with Gasteiger partial charge in [0.2, 0.25) is 0 Å². The van der Waals surface area contributed by atoms with Gasteiger partial charge >= 0.3 is 0 Å². The zero-order chi connectivity index (χ0) is 12.4. The summed E-state index contributed by atoms with van der Waals surface area (Å²) in [5.74, 6) is 0.749. The summed E-state index contributed by atoms with van der Waals surface area (Å²) in [5, 5.41) is 9.81. The zero-order valence-electron chi connectivity index (χ0n) is 9.73. The summed E-state index contributed by atoms with van der Waals surface area (Å²) in [4.78, 5) is 8.61. The van der Waals surface area contributed by atoms with Gasteiger partial charge in [-0.05, 0) is 36.8 Å². The number of hydrogen-bond acceptors (Lipinski definition) is 3. The van der Waals surface area contributed by atoms with Crippen LogP contribution in [0.5, 0.6) is 0 Å². The molecule has 1 unspecified atom stereocenters. The summed E-state index contributed by atoms with van der Waals surface area (Å²) < 4.78 is 0. The molecule has 0 saturated heterocycles. The number of rotatable bonds is 1. The molecule has 1 aromatic heterocycles. The molecule has 0 N–H and O–H groups in total. The molecule has 3 nitrogen and oxygen atoms in total. The highest BCUT2D eigenvalue weighted by atomic mass is 31.0. The van der Waals surface area contributed by atoms with Crippen LogP contribution in [0.15, 0.2) is 24.4 Å². The molecule has 0 aliphatic carbocycles. The van der Waals surface area contributed by atoms with Crippen molar-refractivity contribution in [3.8, 4) is 17.3 Å². The van der Waals surface area contributed by atoms with Gasteiger partial charge in [-0.15, -0.1) is 9.24 Å². The predicted octanol–water partition coefficient (Wildman–Crippen LogP) is 2.13. The Bertz CT molecular complexity index is 615. The molecule has 2 rings (SSSR count). The lowest BCUT2D eigenvalue weighted by atomic mass is 10.1. The molecule has 0 spiro atoms. The van der Waals surface area contributed by atoms with Gasteiger partial charge in [0.1, 0.15) is 5.82 Å². The first kappa shape index (κ1) is 11.7. The van der Waals surface area contributed by atoms with Crippen LogP contribution in [-0.4, -0.2) is 9.97 Å². The van der Waals surface area contributed by atoms with Gasteiger partial charge in [0.25, 0.3) is 0 Å². The largest absolute Gasteiger partial charge is 0.241 e. The molecule has 0 saturated carbocycles. The molecule has 0 bridgehead atoms. The Balaban J connectivity index is 2.61. The Morgan fingerprint density at radius 2 is 2.06 bits per heavy atom. The minimum Gasteiger partial charge on any atom is -0.241 e. The summed E-state index contributed by atoms with van der Waals surface area (Å²) in [6.45, 7) is 3.85. The maximum Gasteiger partial charge on any atom is 0.125 e. The fourth-order valence-corrected chi connectivity index (χ4v) is 2.06. The van der Waals surface area contributed by atoms with E-state index in [0.29, 0.717) is 5.56 Å². The van der Waals surface area contributed by atoms with Crippen LogP contribution in [0.3, 0.4) is 0 Å². The fraction of sp³-hybridized carbons (Fsp3) is 0.154. The van der Waals surface area contributed by atoms with Crippen LogP contribution in [0, 0.1) is 25.2 Å². The molecule has 0 fully saturated rings. The third-order valence-electron chi connectivity index (χ3n) is 2.53. The first-order valence-electron chi connectivity index (χ1n) is 5.22. The van der Waals surface area contributed by atoms with Gasteiger partial charge in [-0.1, -0.05) is 6.07 Å². The van der Waals surface area contributed by atoms with Gasteiger partial charge < -0.3 is 0 Å². The molecule has 2 aromatic rings. The average molecular weight is 241 g/mol. The van der Waals surface area contributed by atoms with E-state index in [4.69, 9.17) is 5.26 Å². The normalized spacial score (nSPS) is 10.0. The lowest BCUT2D eigenvalue weighted by Gasteiger charge is -2.08. The SMILES string of the molecule is Cc1ncc(C)c(-c2ccc(C#N)cc2P)n1. The van der Waals surface area contributed by atoms with Gasteiger partial charge in [0, 0.05) is 11.8 Å². The maximum absolute atomic E-state index is 8.84.